The van der Waals surface area contributed by atoms with Crippen LogP contribution in [0.1, 0.15) is 45.7 Å². The Morgan fingerprint density at radius 1 is 0.600 bits per heavy atom. The van der Waals surface area contributed by atoms with Crippen LogP contribution in [0.5, 0.6) is 0 Å². The molecule has 6 aromatic carbocycles. The Labute approximate surface area is 265 Å². The molecule has 0 saturated heterocycles. The van der Waals surface area contributed by atoms with Gasteiger partial charge in [-0.3, -0.25) is 0 Å². The van der Waals surface area contributed by atoms with Crippen molar-refractivity contribution in [1.29, 1.82) is 0 Å². The summed E-state index contributed by atoms with van der Waals surface area (Å²) in [6, 6.07) is 54.2. The monoisotopic (exact) mass is 575 g/mol. The van der Waals surface area contributed by atoms with Crippen molar-refractivity contribution in [1.82, 2.24) is 0 Å². The number of rotatable bonds is 4. The van der Waals surface area contributed by atoms with Crippen LogP contribution in [0, 0.1) is 6.92 Å². The molecule has 0 N–H and O–H groups in total. The molecule has 0 saturated carbocycles. The Balaban J connectivity index is 1.27. The van der Waals surface area contributed by atoms with Gasteiger partial charge in [0, 0.05) is 17.3 Å². The van der Waals surface area contributed by atoms with Gasteiger partial charge in [-0.15, -0.1) is 0 Å². The van der Waals surface area contributed by atoms with Crippen LogP contribution in [0.3, 0.4) is 0 Å². The van der Waals surface area contributed by atoms with Crippen LogP contribution in [0.2, 0.25) is 0 Å². The first kappa shape index (κ1) is 26.0. The second-order valence-electron chi connectivity index (χ2n) is 12.5. The van der Waals surface area contributed by atoms with Crippen molar-refractivity contribution in [2.24, 2.45) is 0 Å². The third-order valence-electron chi connectivity index (χ3n) is 10.1. The predicted octanol–water partition coefficient (Wildman–Crippen LogP) is 11.1. The van der Waals surface area contributed by atoms with Gasteiger partial charge < -0.3 is 4.90 Å². The van der Waals surface area contributed by atoms with E-state index >= 15 is 0 Å². The van der Waals surface area contributed by atoms with Gasteiger partial charge in [-0.1, -0.05) is 145 Å². The summed E-state index contributed by atoms with van der Waals surface area (Å²) in [5.41, 5.74) is 16.6. The molecule has 9 rings (SSSR count). The maximum Gasteiger partial charge on any atom is 0.0713 e. The van der Waals surface area contributed by atoms with E-state index in [4.69, 9.17) is 0 Å². The first-order chi connectivity index (χ1) is 22.2. The molecule has 0 radical (unpaired) electrons. The molecule has 1 nitrogen and oxygen atoms in total. The molecule has 3 aliphatic rings. The van der Waals surface area contributed by atoms with Crippen molar-refractivity contribution in [3.8, 4) is 22.3 Å². The molecule has 1 atom stereocenters. The van der Waals surface area contributed by atoms with Gasteiger partial charge >= 0.3 is 0 Å². The second-order valence-corrected chi connectivity index (χ2v) is 12.5. The van der Waals surface area contributed by atoms with Crippen LogP contribution in [0.15, 0.2) is 170 Å². The van der Waals surface area contributed by atoms with E-state index in [2.05, 4.69) is 176 Å². The van der Waals surface area contributed by atoms with E-state index in [0.717, 1.165) is 6.42 Å². The lowest BCUT2D eigenvalue weighted by molar-refractivity contribution is 0.768. The molecule has 1 heteroatoms. The Bertz CT molecular complexity index is 2110. The Morgan fingerprint density at radius 3 is 2.09 bits per heavy atom. The van der Waals surface area contributed by atoms with E-state index in [1.807, 2.05) is 0 Å². The summed E-state index contributed by atoms with van der Waals surface area (Å²) in [5, 5.41) is 0. The van der Waals surface area contributed by atoms with E-state index in [0.29, 0.717) is 5.92 Å². The second kappa shape index (κ2) is 10.1. The molecule has 0 aromatic heterocycles. The van der Waals surface area contributed by atoms with Crippen molar-refractivity contribution in [2.75, 3.05) is 4.90 Å². The first-order valence-electron chi connectivity index (χ1n) is 16.0. The van der Waals surface area contributed by atoms with Gasteiger partial charge in [0.05, 0.1) is 11.1 Å². The molecule has 1 heterocycles. The van der Waals surface area contributed by atoms with Crippen LogP contribution in [0.4, 0.5) is 11.4 Å². The first-order valence-corrected chi connectivity index (χ1v) is 16.0. The zero-order valence-corrected chi connectivity index (χ0v) is 25.3. The van der Waals surface area contributed by atoms with Crippen molar-refractivity contribution in [2.45, 2.75) is 24.7 Å². The van der Waals surface area contributed by atoms with Gasteiger partial charge in [0.25, 0.3) is 0 Å². The van der Waals surface area contributed by atoms with Crippen LogP contribution in [-0.4, -0.2) is 0 Å². The third-order valence-corrected chi connectivity index (χ3v) is 10.1. The van der Waals surface area contributed by atoms with E-state index in [9.17, 15) is 0 Å². The highest BCUT2D eigenvalue weighted by molar-refractivity contribution is 5.91. The smallest absolute Gasteiger partial charge is 0.0713 e. The Kier molecular flexibility index (Phi) is 5.83. The summed E-state index contributed by atoms with van der Waals surface area (Å²) < 4.78 is 0. The summed E-state index contributed by atoms with van der Waals surface area (Å²) in [6.07, 6.45) is 7.88. The number of anilines is 2. The van der Waals surface area contributed by atoms with Crippen LogP contribution in [0.25, 0.3) is 22.3 Å². The van der Waals surface area contributed by atoms with Crippen molar-refractivity contribution >= 4 is 11.4 Å². The Morgan fingerprint density at radius 2 is 1.31 bits per heavy atom. The van der Waals surface area contributed by atoms with Gasteiger partial charge in [0.15, 0.2) is 0 Å². The lowest BCUT2D eigenvalue weighted by Crippen LogP contribution is -2.28. The van der Waals surface area contributed by atoms with E-state index in [1.165, 1.54) is 72.7 Å². The quantitative estimate of drug-likeness (QED) is 0.202. The predicted molar refractivity (Wildman–Crippen MR) is 187 cm³/mol. The average molecular weight is 576 g/mol. The van der Waals surface area contributed by atoms with Crippen LogP contribution in [-0.2, 0) is 5.41 Å². The zero-order valence-electron chi connectivity index (χ0n) is 25.3. The highest BCUT2D eigenvalue weighted by Gasteiger charge is 2.46. The average Bonchev–Trinajstić information content (AvgIpc) is 3.59. The van der Waals surface area contributed by atoms with E-state index < -0.39 is 0 Å². The summed E-state index contributed by atoms with van der Waals surface area (Å²) >= 11 is 0. The van der Waals surface area contributed by atoms with E-state index in [1.54, 1.807) is 0 Å². The standard InChI is InChI=1S/C44H33N/c1-30-13-12-14-31(27-30)32-23-25-38-37-20-9-11-22-42(37)45(43(38)28-32)35-24-26-41-39(29-35)36-19-8-10-21-40(36)44(41,33-15-4-2-5-16-33)34-17-6-3-7-18-34/h2-19,21-29,37H,20H2,1H3. The molecule has 1 aliphatic heterocycles. The minimum absolute atomic E-state index is 0.366. The fourth-order valence-electron chi connectivity index (χ4n) is 8.17. The number of allylic oxidation sites excluding steroid dienone is 4. The number of nitrogens with zero attached hydrogens (tertiary/aromatic N) is 1. The summed E-state index contributed by atoms with van der Waals surface area (Å²) in [6.45, 7) is 2.17. The van der Waals surface area contributed by atoms with Crippen LogP contribution >= 0.6 is 0 Å². The molecular weight excluding hydrogens is 542 g/mol. The van der Waals surface area contributed by atoms with Gasteiger partial charge in [-0.2, -0.15) is 0 Å². The highest BCUT2D eigenvalue weighted by atomic mass is 15.2. The van der Waals surface area contributed by atoms with Gasteiger partial charge in [0.1, 0.15) is 0 Å². The lowest BCUT2D eigenvalue weighted by Gasteiger charge is -2.34. The minimum atomic E-state index is -0.385. The molecular formula is C44H33N. The molecule has 214 valence electrons. The number of hydrogen-bond donors (Lipinski definition) is 0. The molecule has 2 aliphatic carbocycles. The minimum Gasteiger partial charge on any atom is -0.313 e. The lowest BCUT2D eigenvalue weighted by atomic mass is 9.68. The molecule has 0 bridgehead atoms. The largest absolute Gasteiger partial charge is 0.313 e. The third kappa shape index (κ3) is 3.80. The van der Waals surface area contributed by atoms with Crippen molar-refractivity contribution in [3.63, 3.8) is 0 Å². The molecule has 0 amide bonds. The van der Waals surface area contributed by atoms with Gasteiger partial charge in [0.2, 0.25) is 0 Å². The molecule has 1 unspecified atom stereocenters. The SMILES string of the molecule is Cc1cccc(-c2ccc3c(c2)N(c2ccc4c(c2)-c2ccccc2C4(c2ccccc2)c2ccccc2)C2=CC=CCC23)c1. The Hall–Kier alpha value is -5.40. The number of aryl methyl sites for hydroxylation is 1. The summed E-state index contributed by atoms with van der Waals surface area (Å²) in [4.78, 5) is 2.52. The van der Waals surface area contributed by atoms with Gasteiger partial charge in [-0.05, 0) is 87.7 Å². The molecule has 0 spiro atoms. The van der Waals surface area contributed by atoms with E-state index in [-0.39, 0.29) is 5.41 Å². The number of hydrogen-bond acceptors (Lipinski definition) is 1. The fraction of sp³-hybridized carbons (Fsp3) is 0.0909. The molecule has 45 heavy (non-hydrogen) atoms. The molecule has 0 fully saturated rings. The number of benzene rings is 6. The van der Waals surface area contributed by atoms with Crippen molar-refractivity contribution < 1.29 is 0 Å². The fourth-order valence-corrected chi connectivity index (χ4v) is 8.17. The summed E-state index contributed by atoms with van der Waals surface area (Å²) in [5.74, 6) is 0.366. The summed E-state index contributed by atoms with van der Waals surface area (Å²) in [7, 11) is 0. The maximum atomic E-state index is 2.52. The highest BCUT2D eigenvalue weighted by Crippen LogP contribution is 2.58. The van der Waals surface area contributed by atoms with Gasteiger partial charge in [-0.25, -0.2) is 0 Å². The normalized spacial score (nSPS) is 16.9. The van der Waals surface area contributed by atoms with Crippen molar-refractivity contribution in [3.05, 3.63) is 203 Å². The molecule has 6 aromatic rings. The topological polar surface area (TPSA) is 3.24 Å². The van der Waals surface area contributed by atoms with Crippen LogP contribution < -0.4 is 4.90 Å². The zero-order chi connectivity index (χ0) is 30.0. The number of fused-ring (bicyclic) bond motifs is 6. The maximum absolute atomic E-state index is 2.52.